The van der Waals surface area contributed by atoms with Gasteiger partial charge < -0.3 is 5.32 Å². The summed E-state index contributed by atoms with van der Waals surface area (Å²) < 4.78 is 40.0. The SMILES string of the molecule is O=C(NCCS(=O)(=O)N1CCc2ccccc21)[C@H]1C[C@@H]1c1cccc(F)c1. The third-order valence-electron chi connectivity index (χ3n) is 5.24. The van der Waals surface area contributed by atoms with Crippen LogP contribution in [0.2, 0.25) is 0 Å². The highest BCUT2D eigenvalue weighted by Gasteiger charge is 2.44. The van der Waals surface area contributed by atoms with Crippen LogP contribution in [0.5, 0.6) is 0 Å². The number of hydrogen-bond donors (Lipinski definition) is 1. The van der Waals surface area contributed by atoms with E-state index < -0.39 is 10.0 Å². The fourth-order valence-corrected chi connectivity index (χ4v) is 5.16. The maximum atomic E-state index is 13.3. The Labute approximate surface area is 158 Å². The van der Waals surface area contributed by atoms with Crippen LogP contribution in [0.3, 0.4) is 0 Å². The summed E-state index contributed by atoms with van der Waals surface area (Å²) in [7, 11) is -3.48. The number of halogens is 1. The molecule has 1 saturated carbocycles. The van der Waals surface area contributed by atoms with Gasteiger partial charge in [0.05, 0.1) is 11.4 Å². The van der Waals surface area contributed by atoms with E-state index in [1.807, 2.05) is 30.3 Å². The van der Waals surface area contributed by atoms with Crippen molar-refractivity contribution in [2.75, 3.05) is 23.1 Å². The van der Waals surface area contributed by atoms with Gasteiger partial charge in [-0.05, 0) is 48.1 Å². The molecule has 2 aliphatic rings. The zero-order valence-electron chi connectivity index (χ0n) is 14.8. The second-order valence-corrected chi connectivity index (χ2v) is 9.07. The lowest BCUT2D eigenvalue weighted by molar-refractivity contribution is -0.122. The Morgan fingerprint density at radius 1 is 1.19 bits per heavy atom. The molecule has 7 heteroatoms. The Kier molecular flexibility index (Phi) is 4.63. The zero-order chi connectivity index (χ0) is 19.0. The summed E-state index contributed by atoms with van der Waals surface area (Å²) >= 11 is 0. The van der Waals surface area contributed by atoms with Crippen LogP contribution in [-0.4, -0.2) is 33.2 Å². The fourth-order valence-electron chi connectivity index (χ4n) is 3.73. The van der Waals surface area contributed by atoms with Gasteiger partial charge in [0.2, 0.25) is 15.9 Å². The fraction of sp³-hybridized carbons (Fsp3) is 0.350. The number of para-hydroxylation sites is 1. The number of anilines is 1. The molecule has 4 rings (SSSR count). The highest BCUT2D eigenvalue weighted by Crippen LogP contribution is 2.47. The quantitative estimate of drug-likeness (QED) is 0.827. The number of sulfonamides is 1. The van der Waals surface area contributed by atoms with Crippen LogP contribution in [0.1, 0.15) is 23.5 Å². The van der Waals surface area contributed by atoms with Gasteiger partial charge in [0.25, 0.3) is 0 Å². The number of carbonyl (C=O) groups excluding carboxylic acids is 1. The van der Waals surface area contributed by atoms with Crippen molar-refractivity contribution in [1.29, 1.82) is 0 Å². The summed E-state index contributed by atoms with van der Waals surface area (Å²) in [6.45, 7) is 0.520. The van der Waals surface area contributed by atoms with E-state index in [-0.39, 0.29) is 35.9 Å². The van der Waals surface area contributed by atoms with Crippen LogP contribution in [0, 0.1) is 11.7 Å². The summed E-state index contributed by atoms with van der Waals surface area (Å²) in [5.74, 6) is -0.800. The van der Waals surface area contributed by atoms with Crippen LogP contribution in [0.25, 0.3) is 0 Å². The van der Waals surface area contributed by atoms with Gasteiger partial charge in [0.15, 0.2) is 0 Å². The first-order chi connectivity index (χ1) is 13.0. The van der Waals surface area contributed by atoms with Gasteiger partial charge in [0.1, 0.15) is 5.82 Å². The molecular formula is C20H21FN2O3S. The van der Waals surface area contributed by atoms with Crippen LogP contribution in [0.4, 0.5) is 10.1 Å². The minimum Gasteiger partial charge on any atom is -0.355 e. The van der Waals surface area contributed by atoms with Gasteiger partial charge in [-0.2, -0.15) is 0 Å². The van der Waals surface area contributed by atoms with Crippen molar-refractivity contribution in [3.63, 3.8) is 0 Å². The second kappa shape index (κ2) is 6.96. The first-order valence-corrected chi connectivity index (χ1v) is 10.7. The molecule has 0 aromatic heterocycles. The van der Waals surface area contributed by atoms with Gasteiger partial charge in [-0.1, -0.05) is 30.3 Å². The average Bonchev–Trinajstić information content (AvgIpc) is 3.32. The highest BCUT2D eigenvalue weighted by atomic mass is 32.2. The molecule has 0 unspecified atom stereocenters. The number of amides is 1. The smallest absolute Gasteiger partial charge is 0.236 e. The Balaban J connectivity index is 1.31. The molecule has 2 atom stereocenters. The lowest BCUT2D eigenvalue weighted by Crippen LogP contribution is -2.37. The van der Waals surface area contributed by atoms with Crippen molar-refractivity contribution in [2.24, 2.45) is 5.92 Å². The van der Waals surface area contributed by atoms with E-state index in [0.717, 1.165) is 16.8 Å². The Morgan fingerprint density at radius 2 is 2.00 bits per heavy atom. The molecular weight excluding hydrogens is 367 g/mol. The lowest BCUT2D eigenvalue weighted by atomic mass is 10.1. The Bertz CT molecular complexity index is 977. The predicted octanol–water partition coefficient (Wildman–Crippen LogP) is 2.44. The molecule has 0 bridgehead atoms. The molecule has 0 saturated heterocycles. The van der Waals surface area contributed by atoms with Gasteiger partial charge in [-0.15, -0.1) is 0 Å². The van der Waals surface area contributed by atoms with E-state index >= 15 is 0 Å². The van der Waals surface area contributed by atoms with E-state index in [4.69, 9.17) is 0 Å². The topological polar surface area (TPSA) is 66.5 Å². The summed E-state index contributed by atoms with van der Waals surface area (Å²) in [4.78, 5) is 12.3. The van der Waals surface area contributed by atoms with E-state index in [0.29, 0.717) is 19.4 Å². The first kappa shape index (κ1) is 18.0. The molecule has 2 aromatic carbocycles. The summed E-state index contributed by atoms with van der Waals surface area (Å²) in [5.41, 5.74) is 2.58. The van der Waals surface area contributed by atoms with Crippen LogP contribution in [0.15, 0.2) is 48.5 Å². The number of nitrogens with one attached hydrogen (secondary N) is 1. The molecule has 27 heavy (non-hydrogen) atoms. The van der Waals surface area contributed by atoms with Crippen LogP contribution < -0.4 is 9.62 Å². The molecule has 1 N–H and O–H groups in total. The van der Waals surface area contributed by atoms with Crippen LogP contribution in [-0.2, 0) is 21.2 Å². The Morgan fingerprint density at radius 3 is 2.81 bits per heavy atom. The monoisotopic (exact) mass is 388 g/mol. The number of rotatable bonds is 6. The second-order valence-electron chi connectivity index (χ2n) is 7.06. The predicted molar refractivity (Wildman–Crippen MR) is 102 cm³/mol. The highest BCUT2D eigenvalue weighted by molar-refractivity contribution is 7.92. The zero-order valence-corrected chi connectivity index (χ0v) is 15.6. The molecule has 1 amide bonds. The number of nitrogens with zero attached hydrogens (tertiary/aromatic N) is 1. The summed E-state index contributed by atoms with van der Waals surface area (Å²) in [6, 6.07) is 13.8. The molecule has 1 aliphatic carbocycles. The van der Waals surface area contributed by atoms with E-state index in [9.17, 15) is 17.6 Å². The van der Waals surface area contributed by atoms with Crippen molar-refractivity contribution in [3.8, 4) is 0 Å². The molecule has 5 nitrogen and oxygen atoms in total. The van der Waals surface area contributed by atoms with E-state index in [1.165, 1.54) is 16.4 Å². The Hall–Kier alpha value is -2.41. The largest absolute Gasteiger partial charge is 0.355 e. The van der Waals surface area contributed by atoms with Gasteiger partial charge in [-0.25, -0.2) is 12.8 Å². The van der Waals surface area contributed by atoms with Crippen molar-refractivity contribution in [2.45, 2.75) is 18.8 Å². The molecule has 1 fully saturated rings. The average molecular weight is 388 g/mol. The number of carbonyl (C=O) groups is 1. The van der Waals surface area contributed by atoms with Gasteiger partial charge >= 0.3 is 0 Å². The normalized spacial score (nSPS) is 21.0. The maximum absolute atomic E-state index is 13.3. The first-order valence-electron chi connectivity index (χ1n) is 9.07. The molecule has 1 heterocycles. The van der Waals surface area contributed by atoms with E-state index in [2.05, 4.69) is 5.32 Å². The van der Waals surface area contributed by atoms with Crippen LogP contribution >= 0.6 is 0 Å². The molecule has 0 spiro atoms. The lowest BCUT2D eigenvalue weighted by Gasteiger charge is -2.19. The van der Waals surface area contributed by atoms with Crippen molar-refractivity contribution in [1.82, 2.24) is 5.32 Å². The number of fused-ring (bicyclic) bond motifs is 1. The minimum absolute atomic E-state index is 0.0165. The van der Waals surface area contributed by atoms with Gasteiger partial charge in [-0.3, -0.25) is 9.10 Å². The standard InChI is InChI=1S/C20H21FN2O3S/c21-16-6-3-5-15(12-16)17-13-18(17)20(24)22-9-11-27(25,26)23-10-8-14-4-1-2-7-19(14)23/h1-7,12,17-18H,8-11,13H2,(H,22,24)/t17-,18+/m1/s1. The van der Waals surface area contributed by atoms with E-state index in [1.54, 1.807) is 6.07 Å². The van der Waals surface area contributed by atoms with Crippen molar-refractivity contribution >= 4 is 21.6 Å². The summed E-state index contributed by atoms with van der Waals surface area (Å²) in [6.07, 6.45) is 1.38. The van der Waals surface area contributed by atoms with Crippen molar-refractivity contribution in [3.05, 3.63) is 65.5 Å². The van der Waals surface area contributed by atoms with Gasteiger partial charge in [0, 0.05) is 19.0 Å². The third kappa shape index (κ3) is 3.69. The van der Waals surface area contributed by atoms with Crippen molar-refractivity contribution < 1.29 is 17.6 Å². The maximum Gasteiger partial charge on any atom is 0.236 e. The number of hydrogen-bond acceptors (Lipinski definition) is 3. The molecule has 142 valence electrons. The third-order valence-corrected chi connectivity index (χ3v) is 7.01. The summed E-state index contributed by atoms with van der Waals surface area (Å²) in [5, 5.41) is 2.72. The minimum atomic E-state index is -3.48. The molecule has 1 aliphatic heterocycles. The molecule has 2 aromatic rings. The molecule has 0 radical (unpaired) electrons. The number of benzene rings is 2.